The standard InChI is InChI=1S/C20H18F2N4O3/c1-12-4-3-5-14(8-12)29-11-18(27)23-24-20(28)16-10-26(2)25-19(16)15-7-6-13(21)9-17(15)22/h3-10H,11H2,1-2H3,(H,23,27)(H,24,28). The number of hydrogen-bond donors (Lipinski definition) is 2. The minimum absolute atomic E-state index is 0.0120. The molecular weight excluding hydrogens is 382 g/mol. The van der Waals surface area contributed by atoms with E-state index in [1.165, 1.54) is 16.9 Å². The van der Waals surface area contributed by atoms with E-state index >= 15 is 0 Å². The maximum atomic E-state index is 14.1. The highest BCUT2D eigenvalue weighted by atomic mass is 19.1. The van der Waals surface area contributed by atoms with Crippen LogP contribution in [-0.4, -0.2) is 28.2 Å². The summed E-state index contributed by atoms with van der Waals surface area (Å²) in [5.41, 5.74) is 5.43. The maximum absolute atomic E-state index is 14.1. The van der Waals surface area contributed by atoms with Crippen molar-refractivity contribution in [2.45, 2.75) is 6.92 Å². The second-order valence-electron chi connectivity index (χ2n) is 6.30. The van der Waals surface area contributed by atoms with Gasteiger partial charge in [-0.25, -0.2) is 8.78 Å². The van der Waals surface area contributed by atoms with Crippen LogP contribution in [0.2, 0.25) is 0 Å². The zero-order chi connectivity index (χ0) is 21.0. The summed E-state index contributed by atoms with van der Waals surface area (Å²) in [6.45, 7) is 1.58. The van der Waals surface area contributed by atoms with E-state index in [0.29, 0.717) is 11.8 Å². The molecule has 150 valence electrons. The Bertz CT molecular complexity index is 1070. The Labute approximate surface area is 165 Å². The van der Waals surface area contributed by atoms with Gasteiger partial charge in [-0.3, -0.25) is 25.1 Å². The highest BCUT2D eigenvalue weighted by Crippen LogP contribution is 2.25. The third-order valence-corrected chi connectivity index (χ3v) is 3.93. The molecule has 0 radical (unpaired) electrons. The summed E-state index contributed by atoms with van der Waals surface area (Å²) in [5, 5.41) is 4.06. The van der Waals surface area contributed by atoms with E-state index in [9.17, 15) is 18.4 Å². The molecule has 0 aliphatic carbocycles. The lowest BCUT2D eigenvalue weighted by atomic mass is 10.1. The summed E-state index contributed by atoms with van der Waals surface area (Å²) < 4.78 is 33.9. The number of aryl methyl sites for hydroxylation is 2. The van der Waals surface area contributed by atoms with E-state index in [1.54, 1.807) is 25.2 Å². The Morgan fingerprint density at radius 2 is 1.93 bits per heavy atom. The fourth-order valence-corrected chi connectivity index (χ4v) is 2.62. The Morgan fingerprint density at radius 3 is 2.66 bits per heavy atom. The summed E-state index contributed by atoms with van der Waals surface area (Å²) in [4.78, 5) is 24.4. The van der Waals surface area contributed by atoms with Gasteiger partial charge >= 0.3 is 0 Å². The quantitative estimate of drug-likeness (QED) is 0.645. The van der Waals surface area contributed by atoms with Crippen LogP contribution in [-0.2, 0) is 11.8 Å². The minimum atomic E-state index is -0.853. The van der Waals surface area contributed by atoms with Gasteiger partial charge in [0.05, 0.1) is 5.56 Å². The van der Waals surface area contributed by atoms with Crippen molar-refractivity contribution in [3.63, 3.8) is 0 Å². The number of carbonyl (C=O) groups is 2. The van der Waals surface area contributed by atoms with Crippen molar-refractivity contribution in [2.24, 2.45) is 7.05 Å². The molecule has 0 aliphatic rings. The molecule has 2 N–H and O–H groups in total. The van der Waals surface area contributed by atoms with Gasteiger partial charge in [0.15, 0.2) is 6.61 Å². The summed E-state index contributed by atoms with van der Waals surface area (Å²) in [6, 6.07) is 10.1. The van der Waals surface area contributed by atoms with E-state index in [2.05, 4.69) is 16.0 Å². The van der Waals surface area contributed by atoms with Gasteiger partial charge in [0, 0.05) is 24.9 Å². The number of benzene rings is 2. The van der Waals surface area contributed by atoms with Gasteiger partial charge in [0.1, 0.15) is 23.1 Å². The summed E-state index contributed by atoms with van der Waals surface area (Å²) in [5.74, 6) is -2.37. The second-order valence-corrected chi connectivity index (χ2v) is 6.30. The average molecular weight is 400 g/mol. The average Bonchev–Trinajstić information content (AvgIpc) is 3.06. The monoisotopic (exact) mass is 400 g/mol. The molecule has 3 aromatic rings. The molecule has 1 heterocycles. The number of rotatable bonds is 5. The van der Waals surface area contributed by atoms with Gasteiger partial charge in [-0.15, -0.1) is 0 Å². The van der Waals surface area contributed by atoms with E-state index < -0.39 is 23.4 Å². The first-order valence-electron chi connectivity index (χ1n) is 8.61. The molecule has 0 aliphatic heterocycles. The van der Waals surface area contributed by atoms with E-state index in [4.69, 9.17) is 4.74 Å². The highest BCUT2D eigenvalue weighted by molar-refractivity contribution is 6.00. The zero-order valence-electron chi connectivity index (χ0n) is 15.7. The van der Waals surface area contributed by atoms with Crippen LogP contribution in [0.4, 0.5) is 8.78 Å². The Morgan fingerprint density at radius 1 is 1.14 bits per heavy atom. The number of carbonyl (C=O) groups excluding carboxylic acids is 2. The molecule has 0 unspecified atom stereocenters. The highest BCUT2D eigenvalue weighted by Gasteiger charge is 2.20. The van der Waals surface area contributed by atoms with E-state index in [1.807, 2.05) is 13.0 Å². The van der Waals surface area contributed by atoms with Crippen LogP contribution in [0, 0.1) is 18.6 Å². The van der Waals surface area contributed by atoms with Crippen LogP contribution in [0.1, 0.15) is 15.9 Å². The first-order chi connectivity index (χ1) is 13.8. The van der Waals surface area contributed by atoms with Crippen molar-refractivity contribution in [2.75, 3.05) is 6.61 Å². The lowest BCUT2D eigenvalue weighted by Crippen LogP contribution is -2.43. The van der Waals surface area contributed by atoms with Crippen LogP contribution in [0.5, 0.6) is 5.75 Å². The Kier molecular flexibility index (Phi) is 5.87. The molecule has 0 fully saturated rings. The number of nitrogens with one attached hydrogen (secondary N) is 2. The number of amides is 2. The van der Waals surface area contributed by atoms with Crippen LogP contribution in [0.25, 0.3) is 11.3 Å². The Balaban J connectivity index is 1.64. The lowest BCUT2D eigenvalue weighted by molar-refractivity contribution is -0.123. The number of halogens is 2. The molecule has 7 nitrogen and oxygen atoms in total. The largest absolute Gasteiger partial charge is 0.484 e. The van der Waals surface area contributed by atoms with Crippen molar-refractivity contribution < 1.29 is 23.1 Å². The maximum Gasteiger partial charge on any atom is 0.276 e. The van der Waals surface area contributed by atoms with Gasteiger partial charge in [-0.1, -0.05) is 12.1 Å². The summed E-state index contributed by atoms with van der Waals surface area (Å²) >= 11 is 0. The molecule has 0 bridgehead atoms. The van der Waals surface area contributed by atoms with Crippen molar-refractivity contribution in [1.29, 1.82) is 0 Å². The summed E-state index contributed by atoms with van der Waals surface area (Å²) in [7, 11) is 1.55. The normalized spacial score (nSPS) is 10.5. The van der Waals surface area contributed by atoms with Gasteiger partial charge in [-0.2, -0.15) is 5.10 Å². The third-order valence-electron chi connectivity index (χ3n) is 3.93. The molecular formula is C20H18F2N4O3. The number of aromatic nitrogens is 2. The van der Waals surface area contributed by atoms with Gasteiger partial charge in [0.25, 0.3) is 11.8 Å². The number of hydrogen-bond acceptors (Lipinski definition) is 4. The third kappa shape index (κ3) is 4.95. The molecule has 1 aromatic heterocycles. The lowest BCUT2D eigenvalue weighted by Gasteiger charge is -2.09. The summed E-state index contributed by atoms with van der Waals surface area (Å²) in [6.07, 6.45) is 1.36. The molecule has 0 atom stereocenters. The predicted octanol–water partition coefficient (Wildman–Crippen LogP) is 2.51. The molecule has 2 aromatic carbocycles. The van der Waals surface area contributed by atoms with Crippen LogP contribution < -0.4 is 15.6 Å². The first kappa shape index (κ1) is 20.0. The molecule has 9 heteroatoms. The van der Waals surface area contributed by atoms with Crippen LogP contribution in [0.3, 0.4) is 0 Å². The number of nitrogens with zero attached hydrogens (tertiary/aromatic N) is 2. The molecule has 3 rings (SSSR count). The second kappa shape index (κ2) is 8.51. The molecule has 2 amide bonds. The van der Waals surface area contributed by atoms with Crippen molar-refractivity contribution in [3.8, 4) is 17.0 Å². The van der Waals surface area contributed by atoms with E-state index in [-0.39, 0.29) is 23.4 Å². The van der Waals surface area contributed by atoms with Crippen LogP contribution >= 0.6 is 0 Å². The number of hydrazine groups is 1. The smallest absolute Gasteiger partial charge is 0.276 e. The first-order valence-corrected chi connectivity index (χ1v) is 8.61. The molecule has 29 heavy (non-hydrogen) atoms. The Hall–Kier alpha value is -3.75. The number of ether oxygens (including phenoxy) is 1. The fraction of sp³-hybridized carbons (Fsp3) is 0.150. The zero-order valence-corrected chi connectivity index (χ0v) is 15.7. The molecule has 0 saturated heterocycles. The van der Waals surface area contributed by atoms with Gasteiger partial charge in [-0.05, 0) is 36.8 Å². The van der Waals surface area contributed by atoms with Crippen molar-refractivity contribution >= 4 is 11.8 Å². The van der Waals surface area contributed by atoms with Gasteiger partial charge in [0.2, 0.25) is 0 Å². The van der Waals surface area contributed by atoms with Gasteiger partial charge < -0.3 is 4.74 Å². The van der Waals surface area contributed by atoms with Crippen molar-refractivity contribution in [3.05, 3.63) is 71.4 Å². The topological polar surface area (TPSA) is 85.3 Å². The van der Waals surface area contributed by atoms with Crippen molar-refractivity contribution in [1.82, 2.24) is 20.6 Å². The van der Waals surface area contributed by atoms with Crippen LogP contribution in [0.15, 0.2) is 48.7 Å². The SMILES string of the molecule is Cc1cccc(OCC(=O)NNC(=O)c2cn(C)nc2-c2ccc(F)cc2F)c1. The predicted molar refractivity (Wildman–Crippen MR) is 101 cm³/mol. The van der Waals surface area contributed by atoms with E-state index in [0.717, 1.165) is 11.6 Å². The molecule has 0 spiro atoms. The minimum Gasteiger partial charge on any atom is -0.484 e. The fourth-order valence-electron chi connectivity index (χ4n) is 2.62. The molecule has 0 saturated carbocycles.